The summed E-state index contributed by atoms with van der Waals surface area (Å²) in [5.74, 6) is 1.45. The molecular weight excluding hydrogens is 510 g/mol. The second-order valence-corrected chi connectivity index (χ2v) is 6.64. The first-order valence-electron chi connectivity index (χ1n) is 10.8. The summed E-state index contributed by atoms with van der Waals surface area (Å²) in [6.45, 7) is 15.6. The fourth-order valence-corrected chi connectivity index (χ4v) is 3.16. The van der Waals surface area contributed by atoms with Gasteiger partial charge in [-0.2, -0.15) is 18.8 Å². The second-order valence-electron chi connectivity index (χ2n) is 6.64. The van der Waals surface area contributed by atoms with Crippen molar-refractivity contribution < 1.29 is 21.1 Å². The Balaban J connectivity index is 0.000000438. The van der Waals surface area contributed by atoms with Gasteiger partial charge >= 0.3 is 21.1 Å². The van der Waals surface area contributed by atoms with E-state index in [9.17, 15) is 0 Å². The van der Waals surface area contributed by atoms with E-state index in [1.165, 1.54) is 43.5 Å². The smallest absolute Gasteiger partial charge is 0.340 e. The van der Waals surface area contributed by atoms with Crippen LogP contribution in [0.15, 0.2) is 60.7 Å². The summed E-state index contributed by atoms with van der Waals surface area (Å²) >= 11 is 0. The maximum absolute atomic E-state index is 4.01. The van der Waals surface area contributed by atoms with Crippen molar-refractivity contribution in [1.82, 2.24) is 4.90 Å². The van der Waals surface area contributed by atoms with Crippen LogP contribution in [0, 0.1) is 19.3 Å². The summed E-state index contributed by atoms with van der Waals surface area (Å²) in [6.07, 6.45) is 6.19. The van der Waals surface area contributed by atoms with Gasteiger partial charge in [-0.3, -0.25) is 0 Å². The number of hydrogen-bond donors (Lipinski definition) is 0. The minimum absolute atomic E-state index is 0. The number of piperidine rings is 1. The minimum atomic E-state index is 0. The van der Waals surface area contributed by atoms with E-state index >= 15 is 0 Å². The van der Waals surface area contributed by atoms with Gasteiger partial charge in [-0.15, -0.1) is 0 Å². The van der Waals surface area contributed by atoms with E-state index in [0.29, 0.717) is 5.92 Å². The van der Waals surface area contributed by atoms with E-state index in [0.717, 1.165) is 12.5 Å². The normalized spacial score (nSPS) is 19.9. The number of nitrogens with zero attached hydrogens (tertiary/aromatic N) is 1. The van der Waals surface area contributed by atoms with Crippen molar-refractivity contribution in [2.75, 3.05) is 13.1 Å². The summed E-state index contributed by atoms with van der Waals surface area (Å²) in [6, 6.07) is 21.4. The van der Waals surface area contributed by atoms with E-state index in [4.69, 9.17) is 0 Å². The maximum atomic E-state index is 4.01. The van der Waals surface area contributed by atoms with Gasteiger partial charge in [-0.1, -0.05) is 94.8 Å². The molecule has 1 aliphatic carbocycles. The summed E-state index contributed by atoms with van der Waals surface area (Å²) < 4.78 is 0. The quantitative estimate of drug-likeness (QED) is 0.368. The molecule has 2 fully saturated rings. The van der Waals surface area contributed by atoms with Gasteiger partial charge < -0.3 is 18.2 Å². The van der Waals surface area contributed by atoms with E-state index < -0.39 is 0 Å². The zero-order chi connectivity index (χ0) is 19.9. The first-order chi connectivity index (χ1) is 13.3. The SMILES string of the molecule is CC.CC.[CH2-][C@@H]1C[C@H]1c1ccccc1.[W+2].c1ccc(CN2CC[CH-]CC2)cc1. The topological polar surface area (TPSA) is 3.24 Å². The zero-order valence-corrected chi connectivity index (χ0v) is 21.2. The molecule has 1 nitrogen and oxygen atoms in total. The van der Waals surface area contributed by atoms with Crippen LogP contribution < -0.4 is 0 Å². The van der Waals surface area contributed by atoms with Crippen LogP contribution in [0.4, 0.5) is 0 Å². The molecule has 2 heteroatoms. The molecule has 28 heavy (non-hydrogen) atoms. The number of benzene rings is 2. The molecule has 2 aliphatic rings. The van der Waals surface area contributed by atoms with Crippen LogP contribution in [0.25, 0.3) is 0 Å². The third-order valence-corrected chi connectivity index (χ3v) is 4.70. The predicted octanol–water partition coefficient (Wildman–Crippen LogP) is 7.16. The molecule has 4 rings (SSSR count). The Kier molecular flexibility index (Phi) is 16.4. The standard InChI is InChI=1S/C12H16N.C10H11.2C2H6.W/c1-3-7-12(8-4-1)11-13-9-5-2-6-10-13;1-8-7-10(8)9-5-3-2-4-6-9;2*1-2;/h1-4,7-8H,5-6,9-11H2;2-6,8,10H,1,7H2;2*1-2H3;/q2*-1;;;+2/t;8-,10-;;;/m.1.../s1. The summed E-state index contributed by atoms with van der Waals surface area (Å²) in [7, 11) is 0. The van der Waals surface area contributed by atoms with Gasteiger partial charge in [0.2, 0.25) is 0 Å². The molecule has 0 N–H and O–H groups in total. The maximum Gasteiger partial charge on any atom is 2.00 e. The van der Waals surface area contributed by atoms with Gasteiger partial charge in [0.25, 0.3) is 0 Å². The monoisotopic (exact) mass is 549 g/mol. The Bertz CT molecular complexity index is 564. The van der Waals surface area contributed by atoms with Crippen molar-refractivity contribution in [2.45, 2.75) is 59.4 Å². The van der Waals surface area contributed by atoms with Gasteiger partial charge in [0.15, 0.2) is 0 Å². The molecule has 1 saturated carbocycles. The Morgan fingerprint density at radius 1 is 0.857 bits per heavy atom. The third kappa shape index (κ3) is 10.6. The number of rotatable bonds is 3. The predicted molar refractivity (Wildman–Crippen MR) is 121 cm³/mol. The second kappa shape index (κ2) is 17.0. The molecule has 2 aromatic rings. The third-order valence-electron chi connectivity index (χ3n) is 4.70. The first-order valence-corrected chi connectivity index (χ1v) is 10.8. The zero-order valence-electron chi connectivity index (χ0n) is 18.3. The van der Waals surface area contributed by atoms with Gasteiger partial charge in [0, 0.05) is 6.54 Å². The number of hydrogen-bond acceptors (Lipinski definition) is 1. The van der Waals surface area contributed by atoms with Crippen LogP contribution >= 0.6 is 0 Å². The van der Waals surface area contributed by atoms with E-state index in [1.807, 2.05) is 27.7 Å². The van der Waals surface area contributed by atoms with Crippen molar-refractivity contribution in [3.05, 3.63) is 85.1 Å². The van der Waals surface area contributed by atoms with Crippen LogP contribution in [-0.2, 0) is 27.6 Å². The van der Waals surface area contributed by atoms with Crippen molar-refractivity contribution in [1.29, 1.82) is 0 Å². The molecular formula is C26H39NW. The Morgan fingerprint density at radius 2 is 1.32 bits per heavy atom. The fourth-order valence-electron chi connectivity index (χ4n) is 3.16. The van der Waals surface area contributed by atoms with Gasteiger partial charge in [-0.05, 0) is 30.1 Å². The molecule has 2 atom stereocenters. The molecule has 0 aromatic heterocycles. The molecule has 0 spiro atoms. The van der Waals surface area contributed by atoms with Crippen LogP contribution in [0.3, 0.4) is 0 Å². The van der Waals surface area contributed by atoms with E-state index in [2.05, 4.69) is 78.9 Å². The van der Waals surface area contributed by atoms with Crippen LogP contribution in [0.1, 0.15) is 64.0 Å². The van der Waals surface area contributed by atoms with Gasteiger partial charge in [0.1, 0.15) is 0 Å². The van der Waals surface area contributed by atoms with Gasteiger partial charge in [0.05, 0.1) is 0 Å². The average molecular weight is 549 g/mol. The Labute approximate surface area is 189 Å². The van der Waals surface area contributed by atoms with Crippen LogP contribution in [0.2, 0.25) is 0 Å². The molecule has 1 aliphatic heterocycles. The van der Waals surface area contributed by atoms with E-state index in [1.54, 1.807) is 0 Å². The first kappa shape index (κ1) is 27.1. The van der Waals surface area contributed by atoms with Crippen LogP contribution in [-0.4, -0.2) is 18.0 Å². The molecule has 1 saturated heterocycles. The Hall–Kier alpha value is -0.912. The summed E-state index contributed by atoms with van der Waals surface area (Å²) in [5, 5.41) is 0. The molecule has 0 unspecified atom stereocenters. The van der Waals surface area contributed by atoms with E-state index in [-0.39, 0.29) is 21.1 Å². The fraction of sp³-hybridized carbons (Fsp3) is 0.462. The average Bonchev–Trinajstić information content (AvgIpc) is 3.50. The van der Waals surface area contributed by atoms with Gasteiger partial charge in [-0.25, -0.2) is 0 Å². The minimum Gasteiger partial charge on any atom is -0.340 e. The molecule has 154 valence electrons. The van der Waals surface area contributed by atoms with Crippen LogP contribution in [0.5, 0.6) is 0 Å². The molecule has 0 bridgehead atoms. The molecule has 1 heterocycles. The Morgan fingerprint density at radius 3 is 1.79 bits per heavy atom. The molecule has 0 radical (unpaired) electrons. The largest absolute Gasteiger partial charge is 2.00 e. The number of likely N-dealkylation sites (tertiary alicyclic amines) is 1. The summed E-state index contributed by atoms with van der Waals surface area (Å²) in [4.78, 5) is 2.52. The summed E-state index contributed by atoms with van der Waals surface area (Å²) in [5.41, 5.74) is 2.90. The van der Waals surface area contributed by atoms with Crippen molar-refractivity contribution in [3.8, 4) is 0 Å². The van der Waals surface area contributed by atoms with Crippen molar-refractivity contribution in [2.24, 2.45) is 5.92 Å². The van der Waals surface area contributed by atoms with Crippen molar-refractivity contribution in [3.63, 3.8) is 0 Å². The molecule has 2 aromatic carbocycles. The molecule has 0 amide bonds. The van der Waals surface area contributed by atoms with Crippen molar-refractivity contribution >= 4 is 0 Å².